The third kappa shape index (κ3) is 4.82. The molecule has 1 fully saturated rings. The number of aromatic nitrogens is 2. The summed E-state index contributed by atoms with van der Waals surface area (Å²) in [6.07, 6.45) is 1.80. The lowest BCUT2D eigenvalue weighted by atomic mass is 9.97. The second-order valence-corrected chi connectivity index (χ2v) is 7.79. The largest absolute Gasteiger partial charge is 0.496 e. The Kier molecular flexibility index (Phi) is 6.84. The Morgan fingerprint density at radius 1 is 1.00 bits per heavy atom. The predicted molar refractivity (Wildman–Crippen MR) is 124 cm³/mol. The van der Waals surface area contributed by atoms with Crippen LogP contribution in [0.25, 0.3) is 11.3 Å². The van der Waals surface area contributed by atoms with Gasteiger partial charge in [-0.2, -0.15) is 0 Å². The number of nitrogens with one attached hydrogen (secondary N) is 1. The highest BCUT2D eigenvalue weighted by molar-refractivity contribution is 5.79. The molecule has 7 nitrogen and oxygen atoms in total. The lowest BCUT2D eigenvalue weighted by Crippen LogP contribution is -2.43. The zero-order valence-electron chi connectivity index (χ0n) is 18.5. The molecule has 1 amide bonds. The van der Waals surface area contributed by atoms with Crippen molar-refractivity contribution in [1.29, 1.82) is 0 Å². The van der Waals surface area contributed by atoms with Crippen molar-refractivity contribution in [2.75, 3.05) is 32.2 Å². The highest BCUT2D eigenvalue weighted by Crippen LogP contribution is 2.29. The van der Waals surface area contributed by atoms with E-state index in [1.807, 2.05) is 60.7 Å². The third-order valence-electron chi connectivity index (χ3n) is 5.80. The molecule has 0 spiro atoms. The molecule has 1 aliphatic rings. The van der Waals surface area contributed by atoms with Gasteiger partial charge in [-0.15, -0.1) is 10.2 Å². The van der Waals surface area contributed by atoms with E-state index in [1.165, 1.54) is 0 Å². The van der Waals surface area contributed by atoms with Crippen molar-refractivity contribution in [2.24, 2.45) is 5.92 Å². The summed E-state index contributed by atoms with van der Waals surface area (Å²) >= 11 is 0. The number of carbonyl (C=O) groups excluding carboxylic acids is 1. The number of benzene rings is 2. The number of nitrogens with zero attached hydrogens (tertiary/aromatic N) is 3. The van der Waals surface area contributed by atoms with Crippen molar-refractivity contribution in [3.63, 3.8) is 0 Å². The number of hydrogen-bond acceptors (Lipinski definition) is 6. The van der Waals surface area contributed by atoms with Crippen LogP contribution in [0.4, 0.5) is 5.82 Å². The minimum Gasteiger partial charge on any atom is -0.496 e. The van der Waals surface area contributed by atoms with Gasteiger partial charge in [0.1, 0.15) is 11.5 Å². The minimum absolute atomic E-state index is 0.0548. The second-order valence-electron chi connectivity index (χ2n) is 7.79. The van der Waals surface area contributed by atoms with Crippen LogP contribution in [0.3, 0.4) is 0 Å². The van der Waals surface area contributed by atoms with Crippen molar-refractivity contribution >= 4 is 11.7 Å². The number of methoxy groups -OCH3 is 2. The predicted octanol–water partition coefficient (Wildman–Crippen LogP) is 3.69. The lowest BCUT2D eigenvalue weighted by Gasteiger charge is -2.32. The minimum atomic E-state index is -0.0887. The Hall–Kier alpha value is -3.61. The Morgan fingerprint density at radius 3 is 2.50 bits per heavy atom. The number of ether oxygens (including phenoxy) is 2. The van der Waals surface area contributed by atoms with Crippen LogP contribution in [0.15, 0.2) is 60.7 Å². The van der Waals surface area contributed by atoms with Crippen LogP contribution in [0.5, 0.6) is 11.5 Å². The van der Waals surface area contributed by atoms with E-state index in [9.17, 15) is 4.79 Å². The summed E-state index contributed by atoms with van der Waals surface area (Å²) in [6.45, 7) is 1.94. The molecule has 0 saturated carbocycles. The molecule has 0 bridgehead atoms. The van der Waals surface area contributed by atoms with Crippen molar-refractivity contribution in [1.82, 2.24) is 15.5 Å². The third-order valence-corrected chi connectivity index (χ3v) is 5.80. The Balaban J connectivity index is 1.39. The van der Waals surface area contributed by atoms with E-state index in [4.69, 9.17) is 9.47 Å². The maximum absolute atomic E-state index is 12.8. The zero-order chi connectivity index (χ0) is 22.3. The fourth-order valence-corrected chi connectivity index (χ4v) is 4.07. The summed E-state index contributed by atoms with van der Waals surface area (Å²) in [5.74, 6) is 2.29. The monoisotopic (exact) mass is 432 g/mol. The van der Waals surface area contributed by atoms with Gasteiger partial charge in [0.15, 0.2) is 5.82 Å². The van der Waals surface area contributed by atoms with Crippen molar-refractivity contribution in [2.45, 2.75) is 19.4 Å². The van der Waals surface area contributed by atoms with E-state index >= 15 is 0 Å². The van der Waals surface area contributed by atoms with Crippen LogP contribution < -0.4 is 19.7 Å². The van der Waals surface area contributed by atoms with Crippen molar-refractivity contribution in [3.8, 4) is 22.8 Å². The molecule has 1 aliphatic heterocycles. The standard InChI is InChI=1S/C25H28N4O3/c1-31-22-11-5-3-8-18(22)16-26-25(30)19-9-7-15-29(17-19)24-14-13-21(27-28-24)20-10-4-6-12-23(20)32-2/h3-6,8,10-14,19H,7,9,15-17H2,1-2H3,(H,26,30). The summed E-state index contributed by atoms with van der Waals surface area (Å²) < 4.78 is 10.8. The Bertz CT molecular complexity index is 1060. The quantitative estimate of drug-likeness (QED) is 0.614. The van der Waals surface area contributed by atoms with Crippen LogP contribution in [0.1, 0.15) is 18.4 Å². The number of anilines is 1. The van der Waals surface area contributed by atoms with E-state index in [-0.39, 0.29) is 11.8 Å². The van der Waals surface area contributed by atoms with Gasteiger partial charge in [0.2, 0.25) is 5.91 Å². The van der Waals surface area contributed by atoms with Gasteiger partial charge in [0, 0.05) is 30.8 Å². The summed E-state index contributed by atoms with van der Waals surface area (Å²) in [6, 6.07) is 19.4. The first-order valence-corrected chi connectivity index (χ1v) is 10.8. The van der Waals surface area contributed by atoms with Gasteiger partial charge in [0.25, 0.3) is 0 Å². The second kappa shape index (κ2) is 10.1. The molecule has 1 atom stereocenters. The summed E-state index contributed by atoms with van der Waals surface area (Å²) in [7, 11) is 3.28. The first kappa shape index (κ1) is 21.6. The van der Waals surface area contributed by atoms with Gasteiger partial charge < -0.3 is 19.7 Å². The van der Waals surface area contributed by atoms with Crippen LogP contribution in [0, 0.1) is 5.92 Å². The van der Waals surface area contributed by atoms with Crippen molar-refractivity contribution < 1.29 is 14.3 Å². The molecule has 0 radical (unpaired) electrons. The van der Waals surface area contributed by atoms with Gasteiger partial charge in [-0.25, -0.2) is 0 Å². The molecule has 2 heterocycles. The lowest BCUT2D eigenvalue weighted by molar-refractivity contribution is -0.125. The smallest absolute Gasteiger partial charge is 0.225 e. The first-order chi connectivity index (χ1) is 15.7. The number of carbonyl (C=O) groups is 1. The number of para-hydroxylation sites is 2. The molecular weight excluding hydrogens is 404 g/mol. The Labute approximate surface area is 188 Å². The summed E-state index contributed by atoms with van der Waals surface area (Å²) in [5, 5.41) is 11.9. The number of piperidine rings is 1. The molecule has 32 heavy (non-hydrogen) atoms. The van der Waals surface area contributed by atoms with Gasteiger partial charge in [-0.05, 0) is 43.2 Å². The fourth-order valence-electron chi connectivity index (χ4n) is 4.07. The van der Waals surface area contributed by atoms with Gasteiger partial charge in [-0.1, -0.05) is 30.3 Å². The molecule has 7 heteroatoms. The molecule has 166 valence electrons. The Morgan fingerprint density at radius 2 is 1.75 bits per heavy atom. The maximum Gasteiger partial charge on any atom is 0.225 e. The topological polar surface area (TPSA) is 76.6 Å². The summed E-state index contributed by atoms with van der Waals surface area (Å²) in [5.41, 5.74) is 2.63. The van der Waals surface area contributed by atoms with E-state index in [0.717, 1.165) is 53.5 Å². The average Bonchev–Trinajstić information content (AvgIpc) is 2.87. The molecule has 2 aromatic carbocycles. The highest BCUT2D eigenvalue weighted by Gasteiger charge is 2.27. The van der Waals surface area contributed by atoms with E-state index in [0.29, 0.717) is 13.1 Å². The maximum atomic E-state index is 12.8. The number of amides is 1. The molecular formula is C25H28N4O3. The molecule has 1 unspecified atom stereocenters. The molecule has 1 N–H and O–H groups in total. The van der Waals surface area contributed by atoms with Crippen LogP contribution in [-0.4, -0.2) is 43.4 Å². The first-order valence-electron chi connectivity index (χ1n) is 10.8. The molecule has 1 saturated heterocycles. The number of hydrogen-bond donors (Lipinski definition) is 1. The molecule has 4 rings (SSSR count). The van der Waals surface area contributed by atoms with Crippen LogP contribution in [-0.2, 0) is 11.3 Å². The molecule has 3 aromatic rings. The number of rotatable bonds is 7. The highest BCUT2D eigenvalue weighted by atomic mass is 16.5. The van der Waals surface area contributed by atoms with Gasteiger partial charge >= 0.3 is 0 Å². The van der Waals surface area contributed by atoms with Gasteiger partial charge in [0.05, 0.1) is 25.8 Å². The average molecular weight is 433 g/mol. The van der Waals surface area contributed by atoms with Gasteiger partial charge in [-0.3, -0.25) is 4.79 Å². The summed E-state index contributed by atoms with van der Waals surface area (Å²) in [4.78, 5) is 15.0. The molecule has 0 aliphatic carbocycles. The molecule has 1 aromatic heterocycles. The van der Waals surface area contributed by atoms with Crippen LogP contribution in [0.2, 0.25) is 0 Å². The fraction of sp³-hybridized carbons (Fsp3) is 0.320. The van der Waals surface area contributed by atoms with Crippen molar-refractivity contribution in [3.05, 3.63) is 66.2 Å². The zero-order valence-corrected chi connectivity index (χ0v) is 18.5. The normalized spacial score (nSPS) is 15.8. The SMILES string of the molecule is COc1ccccc1CNC(=O)C1CCCN(c2ccc(-c3ccccc3OC)nn2)C1. The van der Waals surface area contributed by atoms with E-state index < -0.39 is 0 Å². The van der Waals surface area contributed by atoms with E-state index in [1.54, 1.807) is 14.2 Å². The van der Waals surface area contributed by atoms with Crippen LogP contribution >= 0.6 is 0 Å². The van der Waals surface area contributed by atoms with E-state index in [2.05, 4.69) is 20.4 Å².